The number of ether oxygens (including phenoxy) is 1. The summed E-state index contributed by atoms with van der Waals surface area (Å²) >= 11 is 0. The minimum atomic E-state index is -3.67. The molecular weight excluding hydrogens is 352 g/mol. The molecule has 2 aromatic rings. The normalized spacial score (nSPS) is 17.8. The summed E-state index contributed by atoms with van der Waals surface area (Å²) in [5.74, 6) is 0.453. The molecule has 1 aliphatic heterocycles. The second-order valence-electron chi connectivity index (χ2n) is 6.04. The van der Waals surface area contributed by atoms with Crippen LogP contribution in [-0.2, 0) is 14.8 Å². The highest BCUT2D eigenvalue weighted by molar-refractivity contribution is 7.89. The van der Waals surface area contributed by atoms with Gasteiger partial charge in [0.25, 0.3) is 0 Å². The van der Waals surface area contributed by atoms with Crippen LogP contribution in [0.4, 0.5) is 0 Å². The average Bonchev–Trinajstić information content (AvgIpc) is 3.17. The molecule has 0 aliphatic carbocycles. The Labute approximate surface area is 153 Å². The number of carbonyl (C=O) groups excluding carboxylic acids is 1. The zero-order valence-electron chi connectivity index (χ0n) is 14.4. The average molecular weight is 374 g/mol. The predicted molar refractivity (Wildman–Crippen MR) is 98.3 cm³/mol. The maximum absolute atomic E-state index is 12.8. The van der Waals surface area contributed by atoms with Crippen molar-refractivity contribution in [3.8, 4) is 5.75 Å². The first-order chi connectivity index (χ1) is 12.6. The summed E-state index contributed by atoms with van der Waals surface area (Å²) in [6.07, 6.45) is 1.20. The molecule has 1 heterocycles. The fourth-order valence-corrected chi connectivity index (χ4v) is 4.67. The van der Waals surface area contributed by atoms with Crippen LogP contribution in [0.1, 0.15) is 12.8 Å². The number of nitrogens with one attached hydrogen (secondary N) is 1. The molecule has 1 atom stereocenters. The summed E-state index contributed by atoms with van der Waals surface area (Å²) < 4.78 is 32.4. The molecule has 0 radical (unpaired) electrons. The summed E-state index contributed by atoms with van der Waals surface area (Å²) in [7, 11) is -3.67. The van der Waals surface area contributed by atoms with Gasteiger partial charge < -0.3 is 10.1 Å². The van der Waals surface area contributed by atoms with Gasteiger partial charge in [0.15, 0.2) is 0 Å². The third kappa shape index (κ3) is 4.23. The van der Waals surface area contributed by atoms with E-state index in [-0.39, 0.29) is 10.8 Å². The molecule has 0 saturated carbocycles. The number of para-hydroxylation sites is 1. The highest BCUT2D eigenvalue weighted by Gasteiger charge is 2.39. The van der Waals surface area contributed by atoms with Crippen molar-refractivity contribution in [2.45, 2.75) is 23.8 Å². The molecule has 138 valence electrons. The molecular formula is C19H22N2O4S. The van der Waals surface area contributed by atoms with E-state index in [1.54, 1.807) is 30.3 Å². The molecule has 0 spiro atoms. The van der Waals surface area contributed by atoms with Gasteiger partial charge in [-0.25, -0.2) is 8.42 Å². The van der Waals surface area contributed by atoms with Crippen LogP contribution in [0.25, 0.3) is 0 Å². The van der Waals surface area contributed by atoms with Crippen LogP contribution in [0.2, 0.25) is 0 Å². The summed E-state index contributed by atoms with van der Waals surface area (Å²) in [4.78, 5) is 12.7. The van der Waals surface area contributed by atoms with Crippen LogP contribution in [0.15, 0.2) is 65.6 Å². The van der Waals surface area contributed by atoms with Crippen LogP contribution >= 0.6 is 0 Å². The van der Waals surface area contributed by atoms with Gasteiger partial charge in [-0.05, 0) is 37.1 Å². The van der Waals surface area contributed by atoms with E-state index in [0.29, 0.717) is 32.5 Å². The molecule has 1 amide bonds. The summed E-state index contributed by atoms with van der Waals surface area (Å²) in [5, 5.41) is 2.78. The Kier molecular flexibility index (Phi) is 5.90. The molecule has 26 heavy (non-hydrogen) atoms. The Morgan fingerprint density at radius 2 is 1.73 bits per heavy atom. The Morgan fingerprint density at radius 1 is 1.08 bits per heavy atom. The SMILES string of the molecule is O=C(NCCOc1ccccc1)[C@@H]1CCCN1S(=O)(=O)c1ccccc1. The minimum absolute atomic E-state index is 0.215. The van der Waals surface area contributed by atoms with Crippen LogP contribution in [0.5, 0.6) is 5.75 Å². The fraction of sp³-hybridized carbons (Fsp3) is 0.316. The Hall–Kier alpha value is -2.38. The molecule has 0 aromatic heterocycles. The van der Waals surface area contributed by atoms with Crippen molar-refractivity contribution in [2.24, 2.45) is 0 Å². The standard InChI is InChI=1S/C19H22N2O4S/c22-19(20-13-15-25-16-8-3-1-4-9-16)18-12-7-14-21(18)26(23,24)17-10-5-2-6-11-17/h1-6,8-11,18H,7,12-15H2,(H,20,22)/t18-/m0/s1. The predicted octanol–water partition coefficient (Wildman–Crippen LogP) is 2.03. The van der Waals surface area contributed by atoms with E-state index in [4.69, 9.17) is 4.74 Å². The van der Waals surface area contributed by atoms with Gasteiger partial charge in [0.05, 0.1) is 11.4 Å². The summed E-state index contributed by atoms with van der Waals surface area (Å²) in [6.45, 7) is 1.01. The number of hydrogen-bond donors (Lipinski definition) is 1. The van der Waals surface area contributed by atoms with Gasteiger partial charge in [0, 0.05) is 6.54 Å². The van der Waals surface area contributed by atoms with Crippen molar-refractivity contribution in [1.29, 1.82) is 0 Å². The first-order valence-electron chi connectivity index (χ1n) is 8.61. The smallest absolute Gasteiger partial charge is 0.243 e. The monoisotopic (exact) mass is 374 g/mol. The first-order valence-corrected chi connectivity index (χ1v) is 10.1. The number of benzene rings is 2. The lowest BCUT2D eigenvalue weighted by Gasteiger charge is -2.23. The quantitative estimate of drug-likeness (QED) is 0.753. The van der Waals surface area contributed by atoms with Crippen LogP contribution in [0, 0.1) is 0 Å². The van der Waals surface area contributed by atoms with Gasteiger partial charge in [0.2, 0.25) is 15.9 Å². The minimum Gasteiger partial charge on any atom is -0.492 e. The number of carbonyl (C=O) groups is 1. The molecule has 3 rings (SSSR count). The van der Waals surface area contributed by atoms with Crippen molar-refractivity contribution >= 4 is 15.9 Å². The van der Waals surface area contributed by atoms with E-state index in [9.17, 15) is 13.2 Å². The van der Waals surface area contributed by atoms with Gasteiger partial charge in [-0.15, -0.1) is 0 Å². The van der Waals surface area contributed by atoms with Gasteiger partial charge in [0.1, 0.15) is 18.4 Å². The van der Waals surface area contributed by atoms with Crippen molar-refractivity contribution < 1.29 is 17.9 Å². The highest BCUT2D eigenvalue weighted by Crippen LogP contribution is 2.26. The number of amides is 1. The van der Waals surface area contributed by atoms with Crippen molar-refractivity contribution in [2.75, 3.05) is 19.7 Å². The van der Waals surface area contributed by atoms with E-state index in [1.807, 2.05) is 30.3 Å². The topological polar surface area (TPSA) is 75.7 Å². The van der Waals surface area contributed by atoms with Gasteiger partial charge >= 0.3 is 0 Å². The molecule has 7 heteroatoms. The molecule has 1 fully saturated rings. The Bertz CT molecular complexity index is 825. The van der Waals surface area contributed by atoms with Crippen molar-refractivity contribution in [3.63, 3.8) is 0 Å². The third-order valence-electron chi connectivity index (χ3n) is 4.27. The van der Waals surface area contributed by atoms with Crippen LogP contribution < -0.4 is 10.1 Å². The van der Waals surface area contributed by atoms with E-state index >= 15 is 0 Å². The van der Waals surface area contributed by atoms with Crippen LogP contribution in [-0.4, -0.2) is 44.4 Å². The summed E-state index contributed by atoms with van der Waals surface area (Å²) in [6, 6.07) is 16.9. The first kappa shape index (κ1) is 18.4. The molecule has 6 nitrogen and oxygen atoms in total. The van der Waals surface area contributed by atoms with Gasteiger partial charge in [-0.2, -0.15) is 4.31 Å². The molecule has 1 aliphatic rings. The largest absolute Gasteiger partial charge is 0.492 e. The lowest BCUT2D eigenvalue weighted by molar-refractivity contribution is -0.124. The Balaban J connectivity index is 1.56. The summed E-state index contributed by atoms with van der Waals surface area (Å²) in [5.41, 5.74) is 0. The molecule has 0 bridgehead atoms. The number of hydrogen-bond acceptors (Lipinski definition) is 4. The third-order valence-corrected chi connectivity index (χ3v) is 6.19. The zero-order chi connectivity index (χ0) is 18.4. The van der Waals surface area contributed by atoms with Crippen LogP contribution in [0.3, 0.4) is 0 Å². The molecule has 1 saturated heterocycles. The lowest BCUT2D eigenvalue weighted by Crippen LogP contribution is -2.46. The molecule has 1 N–H and O–H groups in total. The fourth-order valence-electron chi connectivity index (χ4n) is 3.00. The molecule has 2 aromatic carbocycles. The second-order valence-corrected chi connectivity index (χ2v) is 7.93. The van der Waals surface area contributed by atoms with Crippen molar-refractivity contribution in [3.05, 3.63) is 60.7 Å². The van der Waals surface area contributed by atoms with Gasteiger partial charge in [-0.1, -0.05) is 36.4 Å². The Morgan fingerprint density at radius 3 is 2.42 bits per heavy atom. The van der Waals surface area contributed by atoms with E-state index in [0.717, 1.165) is 5.75 Å². The van der Waals surface area contributed by atoms with E-state index in [2.05, 4.69) is 5.32 Å². The van der Waals surface area contributed by atoms with Crippen molar-refractivity contribution in [1.82, 2.24) is 9.62 Å². The second kappa shape index (κ2) is 8.33. The van der Waals surface area contributed by atoms with E-state index < -0.39 is 16.1 Å². The number of rotatable bonds is 7. The lowest BCUT2D eigenvalue weighted by atomic mass is 10.2. The van der Waals surface area contributed by atoms with E-state index in [1.165, 1.54) is 4.31 Å². The number of nitrogens with zero attached hydrogens (tertiary/aromatic N) is 1. The number of sulfonamides is 1. The molecule has 0 unspecified atom stereocenters. The maximum Gasteiger partial charge on any atom is 0.243 e. The highest BCUT2D eigenvalue weighted by atomic mass is 32.2. The maximum atomic E-state index is 12.8. The zero-order valence-corrected chi connectivity index (χ0v) is 15.2. The van der Waals surface area contributed by atoms with Gasteiger partial charge in [-0.3, -0.25) is 4.79 Å².